The van der Waals surface area contributed by atoms with Crippen molar-refractivity contribution in [2.75, 3.05) is 4.72 Å². The Labute approximate surface area is 129 Å². The van der Waals surface area contributed by atoms with Gasteiger partial charge >= 0.3 is 0 Å². The van der Waals surface area contributed by atoms with Gasteiger partial charge in [0.2, 0.25) is 0 Å². The molecule has 0 aliphatic carbocycles. The molecule has 0 unspecified atom stereocenters. The first-order valence-electron chi connectivity index (χ1n) is 6.11. The number of H-pyrrole nitrogens is 1. The van der Waals surface area contributed by atoms with Crippen molar-refractivity contribution in [2.24, 2.45) is 0 Å². The van der Waals surface area contributed by atoms with Crippen molar-refractivity contribution in [3.05, 3.63) is 59.3 Å². The van der Waals surface area contributed by atoms with Crippen LogP contribution in [-0.2, 0) is 10.0 Å². The lowest BCUT2D eigenvalue weighted by atomic mass is 10.2. The lowest BCUT2D eigenvalue weighted by molar-refractivity contribution is 0.595. The zero-order valence-electron chi connectivity index (χ0n) is 10.9. The summed E-state index contributed by atoms with van der Waals surface area (Å²) in [6, 6.07) is 7.17. The van der Waals surface area contributed by atoms with Gasteiger partial charge in [0.25, 0.3) is 10.0 Å². The first-order chi connectivity index (χ1) is 10.4. The molecule has 22 heavy (non-hydrogen) atoms. The first-order valence-corrected chi connectivity index (χ1v) is 7.97. The average molecular weight is 343 g/mol. The van der Waals surface area contributed by atoms with E-state index in [9.17, 15) is 17.2 Å². The van der Waals surface area contributed by atoms with E-state index in [2.05, 4.69) is 4.98 Å². The van der Waals surface area contributed by atoms with Crippen LogP contribution < -0.4 is 4.72 Å². The van der Waals surface area contributed by atoms with Gasteiger partial charge in [-0.1, -0.05) is 11.6 Å². The van der Waals surface area contributed by atoms with Gasteiger partial charge in [-0.3, -0.25) is 4.72 Å². The highest BCUT2D eigenvalue weighted by molar-refractivity contribution is 7.93. The van der Waals surface area contributed by atoms with Gasteiger partial charge in [0.15, 0.2) is 0 Å². The Morgan fingerprint density at radius 3 is 2.64 bits per heavy atom. The van der Waals surface area contributed by atoms with Crippen molar-refractivity contribution in [1.29, 1.82) is 0 Å². The van der Waals surface area contributed by atoms with E-state index in [1.807, 2.05) is 4.72 Å². The predicted molar refractivity (Wildman–Crippen MR) is 80.5 cm³/mol. The highest BCUT2D eigenvalue weighted by Crippen LogP contribution is 2.27. The van der Waals surface area contributed by atoms with Gasteiger partial charge < -0.3 is 4.98 Å². The van der Waals surface area contributed by atoms with E-state index in [0.717, 1.165) is 18.2 Å². The molecule has 0 fully saturated rings. The van der Waals surface area contributed by atoms with Crippen LogP contribution in [-0.4, -0.2) is 13.4 Å². The van der Waals surface area contributed by atoms with Gasteiger partial charge in [-0.05, 0) is 30.3 Å². The van der Waals surface area contributed by atoms with Crippen molar-refractivity contribution in [3.8, 4) is 0 Å². The number of aromatic amines is 1. The van der Waals surface area contributed by atoms with Crippen LogP contribution in [0.4, 0.5) is 14.5 Å². The molecule has 1 aromatic heterocycles. The molecular formula is C14H9ClF2N2O2S. The molecule has 0 bridgehead atoms. The number of benzene rings is 2. The minimum absolute atomic E-state index is 0.0807. The number of halogens is 3. The van der Waals surface area contributed by atoms with E-state index < -0.39 is 27.3 Å². The Balaban J connectivity index is 2.07. The number of hydrogen-bond acceptors (Lipinski definition) is 2. The molecule has 3 aromatic rings. The topological polar surface area (TPSA) is 62.0 Å². The van der Waals surface area contributed by atoms with Crippen LogP contribution in [0.15, 0.2) is 47.5 Å². The highest BCUT2D eigenvalue weighted by Gasteiger charge is 2.21. The first kappa shape index (κ1) is 14.8. The second kappa shape index (κ2) is 5.26. The Bertz CT molecular complexity index is 970. The lowest BCUT2D eigenvalue weighted by Gasteiger charge is -2.08. The fraction of sp³-hybridized carbons (Fsp3) is 0. The summed E-state index contributed by atoms with van der Waals surface area (Å²) in [6.07, 6.45) is 1.26. The molecule has 2 aromatic carbocycles. The summed E-state index contributed by atoms with van der Waals surface area (Å²) in [5.74, 6) is -1.61. The second-order valence-electron chi connectivity index (χ2n) is 4.57. The van der Waals surface area contributed by atoms with Crippen LogP contribution in [0.5, 0.6) is 0 Å². The average Bonchev–Trinajstić information content (AvgIpc) is 2.86. The maximum atomic E-state index is 13.6. The van der Waals surface area contributed by atoms with Gasteiger partial charge in [0.05, 0.1) is 5.69 Å². The van der Waals surface area contributed by atoms with E-state index in [1.54, 1.807) is 12.1 Å². The molecule has 0 aliphatic rings. The summed E-state index contributed by atoms with van der Waals surface area (Å²) in [7, 11) is -4.08. The summed E-state index contributed by atoms with van der Waals surface area (Å²) < 4.78 is 53.5. The lowest BCUT2D eigenvalue weighted by Crippen LogP contribution is -2.13. The monoisotopic (exact) mass is 342 g/mol. The van der Waals surface area contributed by atoms with Crippen LogP contribution in [0.1, 0.15) is 0 Å². The summed E-state index contributed by atoms with van der Waals surface area (Å²) in [5, 5.41) is 0.844. The zero-order valence-corrected chi connectivity index (χ0v) is 12.5. The van der Waals surface area contributed by atoms with E-state index in [4.69, 9.17) is 11.6 Å². The molecule has 4 nitrogen and oxygen atoms in total. The number of aromatic nitrogens is 1. The maximum Gasteiger partial charge on any atom is 0.264 e. The molecule has 0 spiro atoms. The molecule has 0 saturated carbocycles. The standard InChI is InChI=1S/C14H9ClF2N2O2S/c15-8-1-3-10-12(5-8)18-7-14(10)22(20,21)19-13-6-9(16)2-4-11(13)17/h1-7,18-19H. The largest absolute Gasteiger partial charge is 0.360 e. The molecule has 3 rings (SSSR count). The third-order valence-electron chi connectivity index (χ3n) is 3.07. The van der Waals surface area contributed by atoms with Gasteiger partial charge in [0.1, 0.15) is 16.5 Å². The third-order valence-corrected chi connectivity index (χ3v) is 4.71. The molecule has 0 aliphatic heterocycles. The van der Waals surface area contributed by atoms with Gasteiger partial charge in [-0.25, -0.2) is 17.2 Å². The van der Waals surface area contributed by atoms with Crippen LogP contribution in [0, 0.1) is 11.6 Å². The Morgan fingerprint density at radius 1 is 1.09 bits per heavy atom. The summed E-state index contributed by atoms with van der Waals surface area (Å²) >= 11 is 5.83. The summed E-state index contributed by atoms with van der Waals surface area (Å²) in [5.41, 5.74) is 0.0657. The van der Waals surface area contributed by atoms with Gasteiger partial charge in [-0.15, -0.1) is 0 Å². The molecular weight excluding hydrogens is 334 g/mol. The molecule has 0 amide bonds. The van der Waals surface area contributed by atoms with Crippen molar-refractivity contribution in [1.82, 2.24) is 4.98 Å². The zero-order chi connectivity index (χ0) is 15.9. The number of rotatable bonds is 3. The molecule has 0 saturated heterocycles. The van der Waals surface area contributed by atoms with Crippen LogP contribution in [0.25, 0.3) is 10.9 Å². The minimum Gasteiger partial charge on any atom is -0.360 e. The Kier molecular flexibility index (Phi) is 3.54. The SMILES string of the molecule is O=S(=O)(Nc1cc(F)ccc1F)c1c[nH]c2cc(Cl)ccc12. The molecule has 0 atom stereocenters. The van der Waals surface area contributed by atoms with Crippen molar-refractivity contribution >= 4 is 38.2 Å². The quantitative estimate of drug-likeness (QED) is 0.758. The van der Waals surface area contributed by atoms with E-state index in [0.29, 0.717) is 15.9 Å². The van der Waals surface area contributed by atoms with Crippen LogP contribution >= 0.6 is 11.6 Å². The van der Waals surface area contributed by atoms with Gasteiger partial charge in [0, 0.05) is 28.2 Å². The molecule has 114 valence electrons. The Morgan fingerprint density at radius 2 is 1.86 bits per heavy atom. The number of fused-ring (bicyclic) bond motifs is 1. The molecule has 1 heterocycles. The van der Waals surface area contributed by atoms with Crippen molar-refractivity contribution < 1.29 is 17.2 Å². The third kappa shape index (κ3) is 2.65. The number of anilines is 1. The molecule has 0 radical (unpaired) electrons. The number of sulfonamides is 1. The van der Waals surface area contributed by atoms with Crippen LogP contribution in [0.3, 0.4) is 0 Å². The predicted octanol–water partition coefficient (Wildman–Crippen LogP) is 3.90. The van der Waals surface area contributed by atoms with E-state index in [1.165, 1.54) is 12.3 Å². The Hall–Kier alpha value is -2.12. The van der Waals surface area contributed by atoms with E-state index in [-0.39, 0.29) is 4.90 Å². The summed E-state index contributed by atoms with van der Waals surface area (Å²) in [6.45, 7) is 0. The fourth-order valence-electron chi connectivity index (χ4n) is 2.07. The number of hydrogen-bond donors (Lipinski definition) is 2. The fourth-order valence-corrected chi connectivity index (χ4v) is 3.48. The second-order valence-corrected chi connectivity index (χ2v) is 6.66. The van der Waals surface area contributed by atoms with Crippen molar-refractivity contribution in [3.63, 3.8) is 0 Å². The van der Waals surface area contributed by atoms with Crippen molar-refractivity contribution in [2.45, 2.75) is 4.90 Å². The maximum absolute atomic E-state index is 13.6. The molecule has 8 heteroatoms. The molecule has 2 N–H and O–H groups in total. The van der Waals surface area contributed by atoms with E-state index >= 15 is 0 Å². The smallest absolute Gasteiger partial charge is 0.264 e. The van der Waals surface area contributed by atoms with Crippen LogP contribution in [0.2, 0.25) is 5.02 Å². The number of nitrogens with one attached hydrogen (secondary N) is 2. The van der Waals surface area contributed by atoms with Gasteiger partial charge in [-0.2, -0.15) is 0 Å². The highest BCUT2D eigenvalue weighted by atomic mass is 35.5. The minimum atomic E-state index is -4.08. The normalized spacial score (nSPS) is 11.8. The summed E-state index contributed by atoms with van der Waals surface area (Å²) in [4.78, 5) is 2.69.